The molecule has 0 radical (unpaired) electrons. The maximum atomic E-state index is 5.59. The van der Waals surface area contributed by atoms with E-state index in [1.54, 1.807) is 38.5 Å². The van der Waals surface area contributed by atoms with Gasteiger partial charge in [-0.3, -0.25) is 0 Å². The lowest BCUT2D eigenvalue weighted by atomic mass is 9.48. The van der Waals surface area contributed by atoms with Gasteiger partial charge in [0.2, 0.25) is 0 Å². The first kappa shape index (κ1) is 11.7. The lowest BCUT2D eigenvalue weighted by Gasteiger charge is -2.57. The maximum absolute atomic E-state index is 5.59. The number of rotatable bonds is 3. The Morgan fingerprint density at radius 3 is 2.22 bits per heavy atom. The van der Waals surface area contributed by atoms with Crippen molar-refractivity contribution >= 4 is 0 Å². The monoisotopic (exact) mass is 249 g/mol. The molecule has 18 heavy (non-hydrogen) atoms. The lowest BCUT2D eigenvalue weighted by Crippen LogP contribution is -2.47. The van der Waals surface area contributed by atoms with Gasteiger partial charge < -0.3 is 10.1 Å². The molecule has 1 unspecified atom stereocenters. The van der Waals surface area contributed by atoms with Gasteiger partial charge in [0.25, 0.3) is 0 Å². The van der Waals surface area contributed by atoms with E-state index >= 15 is 0 Å². The highest BCUT2D eigenvalue weighted by Crippen LogP contribution is 2.61. The van der Waals surface area contributed by atoms with Gasteiger partial charge in [-0.15, -0.1) is 0 Å². The summed E-state index contributed by atoms with van der Waals surface area (Å²) in [6.07, 6.45) is 12.2. The summed E-state index contributed by atoms with van der Waals surface area (Å²) in [4.78, 5) is 0. The van der Waals surface area contributed by atoms with E-state index in [4.69, 9.17) is 4.74 Å². The normalized spacial score (nSPS) is 50.7. The van der Waals surface area contributed by atoms with Crippen LogP contribution in [0.4, 0.5) is 0 Å². The van der Waals surface area contributed by atoms with Gasteiger partial charge in [-0.05, 0) is 74.5 Å². The molecule has 0 aromatic carbocycles. The maximum Gasteiger partial charge on any atom is 0.0620 e. The van der Waals surface area contributed by atoms with Crippen molar-refractivity contribution in [2.75, 3.05) is 19.8 Å². The van der Waals surface area contributed by atoms with E-state index < -0.39 is 0 Å². The fraction of sp³-hybridized carbons (Fsp3) is 1.00. The van der Waals surface area contributed by atoms with Crippen LogP contribution in [0.3, 0.4) is 0 Å². The molecule has 1 heterocycles. The number of hydrogen-bond donors (Lipinski definition) is 1. The molecule has 2 nitrogen and oxygen atoms in total. The fourth-order valence-corrected chi connectivity index (χ4v) is 5.88. The van der Waals surface area contributed by atoms with E-state index in [0.29, 0.717) is 6.04 Å². The van der Waals surface area contributed by atoms with Crippen molar-refractivity contribution in [3.05, 3.63) is 0 Å². The molecule has 5 aliphatic rings. The van der Waals surface area contributed by atoms with E-state index in [2.05, 4.69) is 5.32 Å². The molecule has 0 aromatic heterocycles. The van der Waals surface area contributed by atoms with Crippen LogP contribution in [0.2, 0.25) is 0 Å². The predicted octanol–water partition coefficient (Wildman–Crippen LogP) is 2.97. The third kappa shape index (κ3) is 2.12. The summed E-state index contributed by atoms with van der Waals surface area (Å²) in [5.74, 6) is 3.31. The van der Waals surface area contributed by atoms with Gasteiger partial charge >= 0.3 is 0 Å². The molecule has 4 bridgehead atoms. The second-order valence-corrected chi connectivity index (χ2v) is 7.68. The molecule has 5 rings (SSSR count). The minimum Gasteiger partial charge on any atom is -0.379 e. The molecule has 1 atom stereocenters. The Bertz CT molecular complexity index is 273. The number of nitrogens with one attached hydrogen (secondary N) is 1. The number of hydrogen-bond acceptors (Lipinski definition) is 2. The topological polar surface area (TPSA) is 21.3 Å². The molecule has 0 aromatic rings. The van der Waals surface area contributed by atoms with Gasteiger partial charge in [0.05, 0.1) is 13.2 Å². The van der Waals surface area contributed by atoms with E-state index in [9.17, 15) is 0 Å². The molecule has 0 spiro atoms. The second kappa shape index (κ2) is 4.49. The van der Waals surface area contributed by atoms with Crippen LogP contribution in [0.25, 0.3) is 0 Å². The van der Waals surface area contributed by atoms with Crippen molar-refractivity contribution in [3.8, 4) is 0 Å². The fourth-order valence-electron chi connectivity index (χ4n) is 5.88. The Kier molecular flexibility index (Phi) is 2.92. The van der Waals surface area contributed by atoms with Crippen LogP contribution in [0, 0.1) is 23.2 Å². The van der Waals surface area contributed by atoms with E-state index in [-0.39, 0.29) is 0 Å². The third-order valence-corrected chi connectivity index (χ3v) is 6.19. The van der Waals surface area contributed by atoms with Crippen molar-refractivity contribution < 1.29 is 4.74 Å². The second-order valence-electron chi connectivity index (χ2n) is 7.68. The van der Waals surface area contributed by atoms with Crippen molar-refractivity contribution in [1.29, 1.82) is 0 Å². The van der Waals surface area contributed by atoms with Gasteiger partial charge in [-0.1, -0.05) is 0 Å². The Morgan fingerprint density at radius 1 is 1.00 bits per heavy atom. The number of morpholine rings is 1. The van der Waals surface area contributed by atoms with E-state index in [1.165, 1.54) is 12.8 Å². The molecule has 4 aliphatic carbocycles. The van der Waals surface area contributed by atoms with Gasteiger partial charge in [0.15, 0.2) is 0 Å². The minimum absolute atomic E-state index is 0.645. The Hall–Kier alpha value is -0.0800. The van der Waals surface area contributed by atoms with Gasteiger partial charge in [0, 0.05) is 12.6 Å². The Labute approximate surface area is 111 Å². The highest BCUT2D eigenvalue weighted by Gasteiger charge is 2.50. The predicted molar refractivity (Wildman–Crippen MR) is 72.4 cm³/mol. The average molecular weight is 249 g/mol. The summed E-state index contributed by atoms with van der Waals surface area (Å²) in [7, 11) is 0. The quantitative estimate of drug-likeness (QED) is 0.830. The van der Waals surface area contributed by atoms with Crippen LogP contribution in [-0.4, -0.2) is 25.8 Å². The molecular formula is C16H27NO. The zero-order valence-electron chi connectivity index (χ0n) is 11.5. The molecule has 2 heteroatoms. The molecule has 4 saturated carbocycles. The van der Waals surface area contributed by atoms with Crippen molar-refractivity contribution in [2.45, 2.75) is 57.4 Å². The van der Waals surface area contributed by atoms with Crippen molar-refractivity contribution in [3.63, 3.8) is 0 Å². The van der Waals surface area contributed by atoms with Gasteiger partial charge in [-0.2, -0.15) is 0 Å². The number of ether oxygens (including phenoxy) is 1. The summed E-state index contributed by atoms with van der Waals surface area (Å²) in [5, 5.41) is 3.63. The summed E-state index contributed by atoms with van der Waals surface area (Å²) >= 11 is 0. The Morgan fingerprint density at radius 2 is 1.67 bits per heavy atom. The van der Waals surface area contributed by atoms with Gasteiger partial charge in [0.1, 0.15) is 0 Å². The minimum atomic E-state index is 0.645. The summed E-state index contributed by atoms with van der Waals surface area (Å²) in [6, 6.07) is 0.645. The van der Waals surface area contributed by atoms with Crippen LogP contribution < -0.4 is 5.32 Å². The highest BCUT2D eigenvalue weighted by molar-refractivity contribution is 5.01. The molecule has 1 saturated heterocycles. The van der Waals surface area contributed by atoms with Crippen LogP contribution in [0.5, 0.6) is 0 Å². The first-order valence-electron chi connectivity index (χ1n) is 8.12. The van der Waals surface area contributed by atoms with Crippen molar-refractivity contribution in [2.24, 2.45) is 23.2 Å². The molecule has 5 fully saturated rings. The highest BCUT2D eigenvalue weighted by atomic mass is 16.5. The molecular weight excluding hydrogens is 222 g/mol. The van der Waals surface area contributed by atoms with Crippen LogP contribution in [0.1, 0.15) is 51.4 Å². The Balaban J connectivity index is 1.38. The van der Waals surface area contributed by atoms with Crippen LogP contribution in [-0.2, 0) is 4.74 Å². The summed E-state index contributed by atoms with van der Waals surface area (Å²) in [5.41, 5.74) is 0.758. The zero-order chi connectivity index (χ0) is 12.0. The summed E-state index contributed by atoms with van der Waals surface area (Å²) < 4.78 is 5.59. The third-order valence-electron chi connectivity index (χ3n) is 6.19. The van der Waals surface area contributed by atoms with Crippen molar-refractivity contribution in [1.82, 2.24) is 5.32 Å². The molecule has 102 valence electrons. The smallest absolute Gasteiger partial charge is 0.0620 e. The van der Waals surface area contributed by atoms with E-state index in [0.717, 1.165) is 42.9 Å². The first-order chi connectivity index (χ1) is 8.81. The SMILES string of the molecule is C1COCC(CCC23CC4CC(CC(C4)C2)C3)N1. The molecule has 1 aliphatic heterocycles. The average Bonchev–Trinajstić information content (AvgIpc) is 2.36. The van der Waals surface area contributed by atoms with Crippen LogP contribution >= 0.6 is 0 Å². The zero-order valence-corrected chi connectivity index (χ0v) is 11.5. The molecule has 0 amide bonds. The largest absolute Gasteiger partial charge is 0.379 e. The molecule has 1 N–H and O–H groups in total. The lowest BCUT2D eigenvalue weighted by molar-refractivity contribution is -0.0612. The van der Waals surface area contributed by atoms with Gasteiger partial charge in [-0.25, -0.2) is 0 Å². The van der Waals surface area contributed by atoms with Crippen LogP contribution in [0.15, 0.2) is 0 Å². The van der Waals surface area contributed by atoms with E-state index in [1.807, 2.05) is 0 Å². The first-order valence-corrected chi connectivity index (χ1v) is 8.12. The standard InChI is InChI=1S/C16H27NO/c1(15-11-18-4-3-17-15)2-16-8-12-5-13(9-16)7-14(6-12)10-16/h12-15,17H,1-11H2. The summed E-state index contributed by atoms with van der Waals surface area (Å²) in [6.45, 7) is 2.92.